The lowest BCUT2D eigenvalue weighted by atomic mass is 9.95. The third-order valence-corrected chi connectivity index (χ3v) is 13.0. The van der Waals surface area contributed by atoms with E-state index in [2.05, 4.69) is 60.8 Å². The molecule has 0 bridgehead atoms. The zero-order chi connectivity index (χ0) is 47.1. The molecule has 15 nitrogen and oxygen atoms in total. The first kappa shape index (κ1) is 46.5. The maximum atomic E-state index is 13.2. The number of rotatable bonds is 8. The van der Waals surface area contributed by atoms with E-state index in [-0.39, 0.29) is 53.3 Å². The summed E-state index contributed by atoms with van der Waals surface area (Å²) in [6, 6.07) is 0.933. The number of nitrogens with one attached hydrogen (secondary N) is 3. The first-order valence-corrected chi connectivity index (χ1v) is 23.2. The Balaban J connectivity index is 0.000000127. The van der Waals surface area contributed by atoms with Crippen LogP contribution >= 0.6 is 0 Å². The highest BCUT2D eigenvalue weighted by Crippen LogP contribution is 2.39. The lowest BCUT2D eigenvalue weighted by Crippen LogP contribution is -2.17. The summed E-state index contributed by atoms with van der Waals surface area (Å²) in [5.41, 5.74) is 2.11. The Bertz CT molecular complexity index is 2640. The fraction of sp³-hybridized carbons (Fsp3) is 0.651. The highest BCUT2D eigenvalue weighted by molar-refractivity contribution is 5.85. The van der Waals surface area contributed by atoms with Gasteiger partial charge in [-0.3, -0.25) is 0 Å². The van der Waals surface area contributed by atoms with Crippen molar-refractivity contribution in [3.63, 3.8) is 0 Å². The van der Waals surface area contributed by atoms with Crippen molar-refractivity contribution in [1.82, 2.24) is 58.6 Å². The summed E-state index contributed by atoms with van der Waals surface area (Å²) in [7, 11) is 1.52. The quantitative estimate of drug-likeness (QED) is 0.0977. The molecular formula is C43H52F9N15. The zero-order valence-corrected chi connectivity index (χ0v) is 36.8. The van der Waals surface area contributed by atoms with Gasteiger partial charge in [0.1, 0.15) is 16.6 Å². The van der Waals surface area contributed by atoms with Gasteiger partial charge in [0.2, 0.25) is 17.5 Å². The van der Waals surface area contributed by atoms with Gasteiger partial charge in [-0.2, -0.15) is 39.5 Å². The molecule has 5 aliphatic carbocycles. The Morgan fingerprint density at radius 1 is 0.403 bits per heavy atom. The van der Waals surface area contributed by atoms with Crippen molar-refractivity contribution in [2.24, 2.45) is 0 Å². The van der Waals surface area contributed by atoms with Gasteiger partial charge in [-0.1, -0.05) is 57.8 Å². The molecule has 5 saturated carbocycles. The van der Waals surface area contributed by atoms with Crippen LogP contribution in [0.3, 0.4) is 0 Å². The van der Waals surface area contributed by atoms with Gasteiger partial charge in [-0.25, -0.2) is 44.9 Å². The maximum absolute atomic E-state index is 13.2. The van der Waals surface area contributed by atoms with E-state index in [1.165, 1.54) is 26.3 Å². The minimum atomic E-state index is -4.56. The number of alkyl halides is 9. The van der Waals surface area contributed by atoms with Crippen molar-refractivity contribution in [3.8, 4) is 0 Å². The molecule has 6 aromatic heterocycles. The van der Waals surface area contributed by atoms with E-state index in [0.717, 1.165) is 103 Å². The number of hydrogen-bond donors (Lipinski definition) is 3. The number of imidazole rings is 3. The maximum Gasteiger partial charge on any atom is 0.451 e. The molecule has 6 heterocycles. The Kier molecular flexibility index (Phi) is 13.1. The third kappa shape index (κ3) is 10.6. The lowest BCUT2D eigenvalue weighted by Gasteiger charge is -2.23. The molecule has 24 heteroatoms. The molecule has 0 amide bonds. The van der Waals surface area contributed by atoms with E-state index in [1.54, 1.807) is 23.5 Å². The van der Waals surface area contributed by atoms with Crippen LogP contribution in [0.1, 0.15) is 158 Å². The number of fused-ring (bicyclic) bond motifs is 3. The van der Waals surface area contributed by atoms with Crippen LogP contribution in [0.2, 0.25) is 0 Å². The SMILES string of the molecule is CNc1nc(C(F)(F)F)nc2c1ncn2C1CCCC1.FC(F)(F)c1nc(NC2CC2)c2ncn(C3CCCCC3)c2n1.FC(F)(F)c1nc(NC2CC2)c2ncn(C3CCCCCC3)c2n1. The highest BCUT2D eigenvalue weighted by atomic mass is 19.4. The van der Waals surface area contributed by atoms with Crippen molar-refractivity contribution < 1.29 is 39.5 Å². The molecule has 5 fully saturated rings. The zero-order valence-electron chi connectivity index (χ0n) is 36.8. The Morgan fingerprint density at radius 3 is 0.985 bits per heavy atom. The van der Waals surface area contributed by atoms with Crippen LogP contribution in [-0.4, -0.2) is 77.7 Å². The van der Waals surface area contributed by atoms with Crippen LogP contribution in [-0.2, 0) is 18.5 Å². The molecule has 6 aromatic rings. The second kappa shape index (κ2) is 18.8. The van der Waals surface area contributed by atoms with E-state index >= 15 is 0 Å². The van der Waals surface area contributed by atoms with Gasteiger partial charge in [0.15, 0.2) is 34.4 Å². The van der Waals surface area contributed by atoms with E-state index in [9.17, 15) is 39.5 Å². The number of halogens is 9. The van der Waals surface area contributed by atoms with Crippen molar-refractivity contribution in [3.05, 3.63) is 36.5 Å². The van der Waals surface area contributed by atoms with Crippen molar-refractivity contribution in [2.75, 3.05) is 23.0 Å². The molecule has 3 N–H and O–H groups in total. The predicted octanol–water partition coefficient (Wildman–Crippen LogP) is 11.2. The van der Waals surface area contributed by atoms with Gasteiger partial charge in [-0.05, 0) is 64.2 Å². The molecule has 0 radical (unpaired) electrons. The minimum Gasteiger partial charge on any atom is -0.371 e. The van der Waals surface area contributed by atoms with Crippen molar-refractivity contribution in [2.45, 2.75) is 171 Å². The van der Waals surface area contributed by atoms with Gasteiger partial charge >= 0.3 is 18.5 Å². The van der Waals surface area contributed by atoms with Crippen LogP contribution in [0.15, 0.2) is 19.0 Å². The van der Waals surface area contributed by atoms with Crippen molar-refractivity contribution >= 4 is 50.9 Å². The van der Waals surface area contributed by atoms with Crippen molar-refractivity contribution in [1.29, 1.82) is 0 Å². The topological polar surface area (TPSA) is 167 Å². The third-order valence-electron chi connectivity index (χ3n) is 13.0. The Labute approximate surface area is 378 Å². The second-order valence-corrected chi connectivity index (χ2v) is 18.1. The molecule has 11 rings (SSSR count). The first-order valence-electron chi connectivity index (χ1n) is 23.2. The van der Waals surface area contributed by atoms with Crippen LogP contribution in [0.5, 0.6) is 0 Å². The molecule has 0 spiro atoms. The molecule has 0 atom stereocenters. The number of aromatic nitrogens is 12. The summed E-state index contributed by atoms with van der Waals surface area (Å²) >= 11 is 0. The number of nitrogens with zero attached hydrogens (tertiary/aromatic N) is 12. The van der Waals surface area contributed by atoms with Gasteiger partial charge < -0.3 is 29.7 Å². The molecule has 67 heavy (non-hydrogen) atoms. The van der Waals surface area contributed by atoms with Gasteiger partial charge in [0, 0.05) is 37.3 Å². The number of anilines is 3. The fourth-order valence-electron chi connectivity index (χ4n) is 9.23. The smallest absolute Gasteiger partial charge is 0.371 e. The lowest BCUT2D eigenvalue weighted by molar-refractivity contribution is -0.145. The largest absolute Gasteiger partial charge is 0.451 e. The molecular weight excluding hydrogens is 898 g/mol. The fourth-order valence-corrected chi connectivity index (χ4v) is 9.23. The highest BCUT2D eigenvalue weighted by Gasteiger charge is 2.40. The normalized spacial score (nSPS) is 19.3. The summed E-state index contributed by atoms with van der Waals surface area (Å²) in [5.74, 6) is -2.78. The Hall–Kier alpha value is -5.58. The molecule has 0 unspecified atom stereocenters. The number of hydrogen-bond acceptors (Lipinski definition) is 12. The van der Waals surface area contributed by atoms with Crippen LogP contribution in [0.4, 0.5) is 57.0 Å². The van der Waals surface area contributed by atoms with E-state index in [1.807, 2.05) is 9.13 Å². The van der Waals surface area contributed by atoms with E-state index in [4.69, 9.17) is 0 Å². The molecule has 0 aliphatic heterocycles. The summed E-state index contributed by atoms with van der Waals surface area (Å²) < 4.78 is 123. The molecule has 362 valence electrons. The van der Waals surface area contributed by atoms with E-state index in [0.29, 0.717) is 27.8 Å². The summed E-state index contributed by atoms with van der Waals surface area (Å²) in [4.78, 5) is 35.0. The van der Waals surface area contributed by atoms with Gasteiger partial charge in [0.05, 0.1) is 19.0 Å². The van der Waals surface area contributed by atoms with Crippen LogP contribution < -0.4 is 16.0 Å². The molecule has 0 saturated heterocycles. The second-order valence-electron chi connectivity index (χ2n) is 18.1. The first-order chi connectivity index (χ1) is 32.0. The summed E-state index contributed by atoms with van der Waals surface area (Å²) in [5, 5.41) is 8.79. The van der Waals surface area contributed by atoms with Crippen LogP contribution in [0.25, 0.3) is 33.5 Å². The summed E-state index contributed by atoms with van der Waals surface area (Å²) in [6.45, 7) is 0. The average Bonchev–Trinajstić information content (AvgIpc) is 4.07. The van der Waals surface area contributed by atoms with Crippen LogP contribution in [0, 0.1) is 0 Å². The van der Waals surface area contributed by atoms with E-state index < -0.39 is 36.0 Å². The Morgan fingerprint density at radius 2 is 0.687 bits per heavy atom. The molecule has 0 aromatic carbocycles. The monoisotopic (exact) mass is 949 g/mol. The van der Waals surface area contributed by atoms with Gasteiger partial charge in [0.25, 0.3) is 0 Å². The van der Waals surface area contributed by atoms with Gasteiger partial charge in [-0.15, -0.1) is 0 Å². The molecule has 5 aliphatic rings. The standard InChI is InChI=1S/C16H20F3N5.C15H18F3N5.C12H14F3N5/c17-16(18,19)15-22-13(21-10-7-8-10)12-14(23-15)24(9-20-12)11-5-3-1-2-4-6-11;16-15(17,18)14-21-12(20-9-6-7-9)11-13(22-14)23(8-19-11)10-4-2-1-3-5-10;1-16-9-8-10(19-11(18-9)12(13,14)15)20(6-17-8)7-4-2-3-5-7/h9-11H,1-8H2,(H,21,22,23);8-10H,1-7H2,(H,20,21,22);6-7H,2-5H2,1H3,(H,16,18,19). The summed E-state index contributed by atoms with van der Waals surface area (Å²) in [6.07, 6.45) is 10.8. The average molecular weight is 950 g/mol. The minimum absolute atomic E-state index is 0.110. The predicted molar refractivity (Wildman–Crippen MR) is 230 cm³/mol.